The number of hydrogen-bond donors (Lipinski definition) is 0. The Morgan fingerprint density at radius 2 is 0.957 bits per heavy atom. The third kappa shape index (κ3) is 8.90. The van der Waals surface area contributed by atoms with Crippen LogP contribution in [0, 0.1) is 12.2 Å². The van der Waals surface area contributed by atoms with Gasteiger partial charge in [-0.2, -0.15) is 11.1 Å². The summed E-state index contributed by atoms with van der Waals surface area (Å²) in [6, 6.07) is 0. The molecular formula is C20H30Cl2Zr. The first-order chi connectivity index (χ1) is 9.55. The van der Waals surface area contributed by atoms with E-state index in [0.717, 1.165) is 12.8 Å². The SMILES string of the molecule is CCC1=C(CC)CC(C)=[C-]1.CCC1=C(CC)CC(C)=[C-]1.[Cl-].[Cl-].[Zr+4]. The molecule has 128 valence electrons. The minimum Gasteiger partial charge on any atom is -1.00 e. The van der Waals surface area contributed by atoms with Gasteiger partial charge < -0.3 is 24.8 Å². The predicted octanol–water partition coefficient (Wildman–Crippen LogP) is 0.518. The Morgan fingerprint density at radius 3 is 1.13 bits per heavy atom. The Morgan fingerprint density at radius 1 is 0.652 bits per heavy atom. The molecule has 0 amide bonds. The maximum atomic E-state index is 3.40. The van der Waals surface area contributed by atoms with Gasteiger partial charge in [0, 0.05) is 0 Å². The maximum Gasteiger partial charge on any atom is 4.00 e. The molecule has 0 aromatic carbocycles. The number of rotatable bonds is 4. The quantitative estimate of drug-likeness (QED) is 0.569. The second-order valence-electron chi connectivity index (χ2n) is 5.74. The Bertz CT molecular complexity index is 424. The van der Waals surface area contributed by atoms with Crippen molar-refractivity contribution < 1.29 is 51.0 Å². The van der Waals surface area contributed by atoms with Crippen LogP contribution in [0.1, 0.15) is 80.1 Å². The summed E-state index contributed by atoms with van der Waals surface area (Å²) in [6.07, 6.45) is 13.9. The molecule has 0 aliphatic heterocycles. The average molecular weight is 433 g/mol. The van der Waals surface area contributed by atoms with Crippen LogP contribution in [-0.2, 0) is 26.2 Å². The molecule has 0 spiro atoms. The molecule has 0 bridgehead atoms. The van der Waals surface area contributed by atoms with E-state index in [0.29, 0.717) is 0 Å². The zero-order chi connectivity index (χ0) is 15.1. The summed E-state index contributed by atoms with van der Waals surface area (Å²) in [4.78, 5) is 0. The smallest absolute Gasteiger partial charge is 1.00 e. The summed E-state index contributed by atoms with van der Waals surface area (Å²) in [5.74, 6) is 0. The first kappa shape index (κ1) is 28.2. The van der Waals surface area contributed by atoms with Crippen molar-refractivity contribution in [2.24, 2.45) is 0 Å². The van der Waals surface area contributed by atoms with Gasteiger partial charge in [-0.05, 0) is 0 Å². The van der Waals surface area contributed by atoms with Crippen molar-refractivity contribution in [1.82, 2.24) is 0 Å². The van der Waals surface area contributed by atoms with E-state index in [1.807, 2.05) is 0 Å². The van der Waals surface area contributed by atoms with Crippen molar-refractivity contribution >= 4 is 0 Å². The zero-order valence-electron chi connectivity index (χ0n) is 15.5. The van der Waals surface area contributed by atoms with E-state index in [4.69, 9.17) is 0 Å². The first-order valence-corrected chi connectivity index (χ1v) is 8.16. The van der Waals surface area contributed by atoms with E-state index in [9.17, 15) is 0 Å². The molecule has 0 aromatic rings. The second kappa shape index (κ2) is 14.7. The Labute approximate surface area is 175 Å². The molecule has 0 nitrogen and oxygen atoms in total. The van der Waals surface area contributed by atoms with E-state index in [1.165, 1.54) is 48.0 Å². The molecule has 3 heteroatoms. The Balaban J connectivity index is -0.000000308. The molecule has 0 atom stereocenters. The van der Waals surface area contributed by atoms with E-state index < -0.39 is 0 Å². The van der Waals surface area contributed by atoms with Crippen LogP contribution in [0.15, 0.2) is 33.4 Å². The fourth-order valence-electron chi connectivity index (χ4n) is 2.99. The van der Waals surface area contributed by atoms with Crippen LogP contribution in [0.2, 0.25) is 0 Å². The van der Waals surface area contributed by atoms with E-state index in [1.54, 1.807) is 11.1 Å². The number of allylic oxidation sites excluding steroid dienone is 8. The Hall–Kier alpha value is 0.423. The summed E-state index contributed by atoms with van der Waals surface area (Å²) >= 11 is 0. The van der Waals surface area contributed by atoms with Crippen molar-refractivity contribution in [3.63, 3.8) is 0 Å². The van der Waals surface area contributed by atoms with Crippen LogP contribution < -0.4 is 24.8 Å². The van der Waals surface area contributed by atoms with E-state index in [2.05, 4.69) is 53.7 Å². The fourth-order valence-corrected chi connectivity index (χ4v) is 2.99. The summed E-state index contributed by atoms with van der Waals surface area (Å²) in [5.41, 5.74) is 8.93. The van der Waals surface area contributed by atoms with Gasteiger partial charge in [0.2, 0.25) is 0 Å². The van der Waals surface area contributed by atoms with Gasteiger partial charge >= 0.3 is 26.2 Å². The van der Waals surface area contributed by atoms with Gasteiger partial charge in [-0.1, -0.05) is 67.2 Å². The van der Waals surface area contributed by atoms with Gasteiger partial charge in [0.05, 0.1) is 0 Å². The van der Waals surface area contributed by atoms with Gasteiger partial charge in [-0.3, -0.25) is 0 Å². The van der Waals surface area contributed by atoms with Crippen LogP contribution >= 0.6 is 0 Å². The Kier molecular flexibility index (Phi) is 18.1. The predicted molar refractivity (Wildman–Crippen MR) is 89.3 cm³/mol. The molecule has 0 fully saturated rings. The van der Waals surface area contributed by atoms with Gasteiger partial charge in [-0.15, -0.1) is 12.8 Å². The van der Waals surface area contributed by atoms with Crippen LogP contribution in [-0.4, -0.2) is 0 Å². The standard InChI is InChI=1S/2C10H15.2ClH.Zr/c2*1-4-9-6-8(3)7-10(9)5-2;;;/h2*4-6H2,1-3H3;2*1H;/q2*-1;;;+4/p-2. The van der Waals surface area contributed by atoms with Gasteiger partial charge in [0.25, 0.3) is 0 Å². The minimum absolute atomic E-state index is 0. The van der Waals surface area contributed by atoms with Crippen molar-refractivity contribution in [3.8, 4) is 0 Å². The summed E-state index contributed by atoms with van der Waals surface area (Å²) in [5, 5.41) is 0. The molecule has 23 heavy (non-hydrogen) atoms. The summed E-state index contributed by atoms with van der Waals surface area (Å²) in [7, 11) is 0. The summed E-state index contributed by atoms with van der Waals surface area (Å²) in [6.45, 7) is 13.2. The molecular weight excluding hydrogens is 402 g/mol. The molecule has 0 saturated carbocycles. The first-order valence-electron chi connectivity index (χ1n) is 8.16. The van der Waals surface area contributed by atoms with Crippen LogP contribution in [0.3, 0.4) is 0 Å². The minimum atomic E-state index is 0. The number of halogens is 2. The second-order valence-corrected chi connectivity index (χ2v) is 5.74. The van der Waals surface area contributed by atoms with Gasteiger partial charge in [-0.25, -0.2) is 34.4 Å². The maximum absolute atomic E-state index is 3.40. The van der Waals surface area contributed by atoms with Crippen molar-refractivity contribution in [1.29, 1.82) is 0 Å². The van der Waals surface area contributed by atoms with Crippen LogP contribution in [0.4, 0.5) is 0 Å². The third-order valence-corrected chi connectivity index (χ3v) is 4.10. The average Bonchev–Trinajstić information content (AvgIpc) is 3.00. The number of hydrogen-bond acceptors (Lipinski definition) is 0. The molecule has 2 rings (SSSR count). The molecule has 0 N–H and O–H groups in total. The van der Waals surface area contributed by atoms with E-state index >= 15 is 0 Å². The topological polar surface area (TPSA) is 0 Å². The largest absolute Gasteiger partial charge is 4.00 e. The van der Waals surface area contributed by atoms with Gasteiger partial charge in [0.1, 0.15) is 0 Å². The normalized spacial score (nSPS) is 15.7. The molecule has 0 aromatic heterocycles. The molecule has 2 aliphatic rings. The van der Waals surface area contributed by atoms with E-state index in [-0.39, 0.29) is 51.0 Å². The monoisotopic (exact) mass is 430 g/mol. The van der Waals surface area contributed by atoms with Crippen molar-refractivity contribution in [2.75, 3.05) is 0 Å². The zero-order valence-corrected chi connectivity index (χ0v) is 19.5. The fraction of sp³-hybridized carbons (Fsp3) is 0.600. The summed E-state index contributed by atoms with van der Waals surface area (Å²) < 4.78 is 0. The molecule has 0 radical (unpaired) electrons. The van der Waals surface area contributed by atoms with Crippen LogP contribution in [0.5, 0.6) is 0 Å². The third-order valence-electron chi connectivity index (χ3n) is 4.10. The molecule has 0 saturated heterocycles. The van der Waals surface area contributed by atoms with Crippen molar-refractivity contribution in [3.05, 3.63) is 45.6 Å². The molecule has 0 heterocycles. The van der Waals surface area contributed by atoms with Crippen molar-refractivity contribution in [2.45, 2.75) is 80.1 Å². The molecule has 0 unspecified atom stereocenters. The van der Waals surface area contributed by atoms with Crippen LogP contribution in [0.25, 0.3) is 0 Å². The molecule has 2 aliphatic carbocycles. The van der Waals surface area contributed by atoms with Gasteiger partial charge in [0.15, 0.2) is 0 Å².